The summed E-state index contributed by atoms with van der Waals surface area (Å²) in [7, 11) is 1.63. The Morgan fingerprint density at radius 2 is 2.33 bits per heavy atom. The Balaban J connectivity index is 2.44. The first-order valence-corrected chi connectivity index (χ1v) is 4.58. The van der Waals surface area contributed by atoms with Gasteiger partial charge in [-0.05, 0) is 12.1 Å². The van der Waals surface area contributed by atoms with E-state index >= 15 is 0 Å². The standard InChI is InChI=1S/C10H12N4O/c1-15-9-4-2-3-8(5-9)14-7-12-13-10(14)6-11/h2-5,7H,6,11H2,1H3. The Kier molecular flexibility index (Phi) is 2.64. The number of nitrogens with two attached hydrogens (primary N) is 1. The summed E-state index contributed by atoms with van der Waals surface area (Å²) in [5.41, 5.74) is 6.49. The van der Waals surface area contributed by atoms with E-state index < -0.39 is 0 Å². The smallest absolute Gasteiger partial charge is 0.151 e. The van der Waals surface area contributed by atoms with E-state index in [1.807, 2.05) is 28.8 Å². The highest BCUT2D eigenvalue weighted by molar-refractivity contribution is 5.39. The van der Waals surface area contributed by atoms with Gasteiger partial charge in [0, 0.05) is 6.07 Å². The van der Waals surface area contributed by atoms with Crippen LogP contribution in [0.25, 0.3) is 5.69 Å². The van der Waals surface area contributed by atoms with E-state index in [0.29, 0.717) is 6.54 Å². The minimum atomic E-state index is 0.358. The SMILES string of the molecule is COc1cccc(-n2cnnc2CN)c1. The molecule has 5 nitrogen and oxygen atoms in total. The lowest BCUT2D eigenvalue weighted by Crippen LogP contribution is -2.06. The first-order valence-electron chi connectivity index (χ1n) is 4.58. The van der Waals surface area contributed by atoms with Crippen LogP contribution in [0.2, 0.25) is 0 Å². The second-order valence-corrected chi connectivity index (χ2v) is 3.02. The number of nitrogens with zero attached hydrogens (tertiary/aromatic N) is 3. The van der Waals surface area contributed by atoms with E-state index in [-0.39, 0.29) is 0 Å². The molecular weight excluding hydrogens is 192 g/mol. The van der Waals surface area contributed by atoms with Crippen molar-refractivity contribution in [2.24, 2.45) is 5.73 Å². The maximum atomic E-state index is 5.55. The van der Waals surface area contributed by atoms with E-state index in [0.717, 1.165) is 17.3 Å². The van der Waals surface area contributed by atoms with Gasteiger partial charge in [0.1, 0.15) is 12.1 Å². The average Bonchev–Trinajstić information content (AvgIpc) is 2.77. The molecule has 2 rings (SSSR count). The quantitative estimate of drug-likeness (QED) is 0.800. The van der Waals surface area contributed by atoms with Crippen molar-refractivity contribution in [1.29, 1.82) is 0 Å². The molecule has 1 aromatic heterocycles. The van der Waals surface area contributed by atoms with E-state index in [9.17, 15) is 0 Å². The van der Waals surface area contributed by atoms with Crippen LogP contribution < -0.4 is 10.5 Å². The average molecular weight is 204 g/mol. The van der Waals surface area contributed by atoms with Gasteiger partial charge in [0.15, 0.2) is 5.82 Å². The van der Waals surface area contributed by atoms with Crippen molar-refractivity contribution in [2.75, 3.05) is 7.11 Å². The molecule has 78 valence electrons. The van der Waals surface area contributed by atoms with Crippen molar-refractivity contribution in [3.05, 3.63) is 36.4 Å². The molecule has 0 aliphatic rings. The molecule has 2 aromatic rings. The van der Waals surface area contributed by atoms with Crippen molar-refractivity contribution in [2.45, 2.75) is 6.54 Å². The van der Waals surface area contributed by atoms with Crippen LogP contribution in [-0.2, 0) is 6.54 Å². The number of methoxy groups -OCH3 is 1. The molecule has 5 heteroatoms. The lowest BCUT2D eigenvalue weighted by Gasteiger charge is -2.06. The fourth-order valence-electron chi connectivity index (χ4n) is 1.37. The number of hydrogen-bond acceptors (Lipinski definition) is 4. The van der Waals surface area contributed by atoms with Crippen molar-refractivity contribution in [3.8, 4) is 11.4 Å². The van der Waals surface area contributed by atoms with Gasteiger partial charge >= 0.3 is 0 Å². The second-order valence-electron chi connectivity index (χ2n) is 3.02. The summed E-state index contributed by atoms with van der Waals surface area (Å²) in [6.07, 6.45) is 1.64. The molecule has 0 atom stereocenters. The van der Waals surface area contributed by atoms with E-state index in [4.69, 9.17) is 10.5 Å². The molecule has 0 saturated heterocycles. The van der Waals surface area contributed by atoms with Crippen LogP contribution in [0.1, 0.15) is 5.82 Å². The molecule has 0 radical (unpaired) electrons. The Morgan fingerprint density at radius 1 is 1.47 bits per heavy atom. The molecule has 0 fully saturated rings. The third kappa shape index (κ3) is 1.82. The third-order valence-corrected chi connectivity index (χ3v) is 2.13. The Hall–Kier alpha value is -1.88. The topological polar surface area (TPSA) is 66.0 Å². The molecule has 0 spiro atoms. The summed E-state index contributed by atoms with van der Waals surface area (Å²) in [5, 5.41) is 7.73. The summed E-state index contributed by atoms with van der Waals surface area (Å²) in [6.45, 7) is 0.358. The number of rotatable bonds is 3. The molecule has 0 aliphatic carbocycles. The first kappa shape index (κ1) is 9.67. The van der Waals surface area contributed by atoms with Gasteiger partial charge < -0.3 is 10.5 Å². The number of ether oxygens (including phenoxy) is 1. The number of benzene rings is 1. The van der Waals surface area contributed by atoms with Gasteiger partial charge in [-0.3, -0.25) is 4.57 Å². The highest BCUT2D eigenvalue weighted by atomic mass is 16.5. The van der Waals surface area contributed by atoms with Crippen LogP contribution in [0, 0.1) is 0 Å². The molecule has 0 saturated carbocycles. The van der Waals surface area contributed by atoms with Gasteiger partial charge in [-0.1, -0.05) is 6.07 Å². The maximum Gasteiger partial charge on any atom is 0.151 e. The third-order valence-electron chi connectivity index (χ3n) is 2.13. The zero-order valence-electron chi connectivity index (χ0n) is 8.42. The lowest BCUT2D eigenvalue weighted by molar-refractivity contribution is 0.414. The van der Waals surface area contributed by atoms with Crippen LogP contribution in [0.4, 0.5) is 0 Å². The van der Waals surface area contributed by atoms with E-state index in [1.54, 1.807) is 13.4 Å². The molecule has 0 bridgehead atoms. The summed E-state index contributed by atoms with van der Waals surface area (Å²) in [6, 6.07) is 7.65. The van der Waals surface area contributed by atoms with Crippen LogP contribution in [0.5, 0.6) is 5.75 Å². The zero-order valence-corrected chi connectivity index (χ0v) is 8.42. The molecule has 2 N–H and O–H groups in total. The van der Waals surface area contributed by atoms with Gasteiger partial charge in [-0.15, -0.1) is 10.2 Å². The van der Waals surface area contributed by atoms with Crippen LogP contribution in [-0.4, -0.2) is 21.9 Å². The van der Waals surface area contributed by atoms with Gasteiger partial charge in [0.05, 0.1) is 19.3 Å². The first-order chi connectivity index (χ1) is 7.35. The minimum Gasteiger partial charge on any atom is -0.497 e. The highest BCUT2D eigenvalue weighted by Gasteiger charge is 2.04. The molecule has 0 amide bonds. The Labute approximate surface area is 87.5 Å². The number of aromatic nitrogens is 3. The molecule has 1 heterocycles. The van der Waals surface area contributed by atoms with Crippen molar-refractivity contribution >= 4 is 0 Å². The summed E-state index contributed by atoms with van der Waals surface area (Å²) in [4.78, 5) is 0. The maximum absolute atomic E-state index is 5.55. The lowest BCUT2D eigenvalue weighted by atomic mass is 10.3. The Bertz CT molecular complexity index is 452. The van der Waals surface area contributed by atoms with Gasteiger partial charge in [0.25, 0.3) is 0 Å². The van der Waals surface area contributed by atoms with Crippen molar-refractivity contribution in [1.82, 2.24) is 14.8 Å². The molecule has 0 aliphatic heterocycles. The second kappa shape index (κ2) is 4.10. The minimum absolute atomic E-state index is 0.358. The summed E-state index contributed by atoms with van der Waals surface area (Å²) < 4.78 is 6.98. The molecule has 1 aromatic carbocycles. The predicted octanol–water partition coefficient (Wildman–Crippen LogP) is 0.735. The van der Waals surface area contributed by atoms with Crippen LogP contribution in [0.3, 0.4) is 0 Å². The van der Waals surface area contributed by atoms with Crippen molar-refractivity contribution in [3.63, 3.8) is 0 Å². The van der Waals surface area contributed by atoms with Gasteiger partial charge in [0.2, 0.25) is 0 Å². The van der Waals surface area contributed by atoms with Gasteiger partial charge in [-0.25, -0.2) is 0 Å². The molecule has 0 unspecified atom stereocenters. The predicted molar refractivity (Wildman–Crippen MR) is 55.8 cm³/mol. The largest absolute Gasteiger partial charge is 0.497 e. The van der Waals surface area contributed by atoms with Crippen LogP contribution in [0.15, 0.2) is 30.6 Å². The van der Waals surface area contributed by atoms with Crippen LogP contribution >= 0.6 is 0 Å². The fraction of sp³-hybridized carbons (Fsp3) is 0.200. The number of hydrogen-bond donors (Lipinski definition) is 1. The van der Waals surface area contributed by atoms with E-state index in [2.05, 4.69) is 10.2 Å². The summed E-state index contributed by atoms with van der Waals surface area (Å²) >= 11 is 0. The Morgan fingerprint density at radius 3 is 3.07 bits per heavy atom. The van der Waals surface area contributed by atoms with E-state index in [1.165, 1.54) is 0 Å². The summed E-state index contributed by atoms with van der Waals surface area (Å²) in [5.74, 6) is 1.52. The normalized spacial score (nSPS) is 10.3. The van der Waals surface area contributed by atoms with Crippen molar-refractivity contribution < 1.29 is 4.74 Å². The molecule has 15 heavy (non-hydrogen) atoms. The molecular formula is C10H12N4O. The monoisotopic (exact) mass is 204 g/mol. The van der Waals surface area contributed by atoms with Gasteiger partial charge in [-0.2, -0.15) is 0 Å². The zero-order chi connectivity index (χ0) is 10.7. The highest BCUT2D eigenvalue weighted by Crippen LogP contribution is 2.16. The fourth-order valence-corrected chi connectivity index (χ4v) is 1.37.